The SMILES string of the molecule is CNc1cc(F)cc(F)c1[N+](=O)[O-].O=[N+]([O-])c1c(F)cc(F)cc1F. The Hall–Kier alpha value is -3.31. The minimum atomic E-state index is -1.52. The minimum absolute atomic E-state index is 0.178. The molecule has 0 aromatic heterocycles. The molecule has 0 bridgehead atoms. The third kappa shape index (κ3) is 4.83. The molecule has 2 aromatic carbocycles. The van der Waals surface area contributed by atoms with Crippen LogP contribution in [0.5, 0.6) is 0 Å². The molecule has 1 N–H and O–H groups in total. The lowest BCUT2D eigenvalue weighted by atomic mass is 10.2. The molecule has 0 aliphatic carbocycles. The second-order valence-corrected chi connectivity index (χ2v) is 4.27. The average molecular weight is 365 g/mol. The van der Waals surface area contributed by atoms with Gasteiger partial charge in [-0.15, -0.1) is 0 Å². The molecule has 25 heavy (non-hydrogen) atoms. The highest BCUT2D eigenvalue weighted by Gasteiger charge is 2.22. The first-order valence-electron chi connectivity index (χ1n) is 6.18. The molecule has 0 unspecified atom stereocenters. The zero-order valence-electron chi connectivity index (χ0n) is 12.2. The number of hydrogen-bond acceptors (Lipinski definition) is 5. The highest BCUT2D eigenvalue weighted by atomic mass is 19.2. The van der Waals surface area contributed by atoms with E-state index in [-0.39, 0.29) is 17.8 Å². The van der Waals surface area contributed by atoms with Gasteiger partial charge >= 0.3 is 11.4 Å². The van der Waals surface area contributed by atoms with Gasteiger partial charge in [0.2, 0.25) is 17.5 Å². The predicted molar refractivity (Wildman–Crippen MR) is 75.5 cm³/mol. The maximum absolute atomic E-state index is 12.8. The number of anilines is 1. The first-order valence-corrected chi connectivity index (χ1v) is 6.18. The van der Waals surface area contributed by atoms with Crippen LogP contribution in [0.1, 0.15) is 0 Å². The van der Waals surface area contributed by atoms with E-state index >= 15 is 0 Å². The normalized spacial score (nSPS) is 9.84. The van der Waals surface area contributed by atoms with Gasteiger partial charge in [0.1, 0.15) is 17.3 Å². The Balaban J connectivity index is 0.000000251. The van der Waals surface area contributed by atoms with Crippen LogP contribution in [0.3, 0.4) is 0 Å². The molecule has 0 aliphatic heterocycles. The smallest absolute Gasteiger partial charge is 0.340 e. The molecule has 0 radical (unpaired) electrons. The number of nitrogens with zero attached hydrogens (tertiary/aromatic N) is 2. The maximum Gasteiger partial charge on any atom is 0.340 e. The Morgan fingerprint density at radius 1 is 0.760 bits per heavy atom. The summed E-state index contributed by atoms with van der Waals surface area (Å²) in [6.07, 6.45) is 0. The van der Waals surface area contributed by atoms with Gasteiger partial charge in [-0.1, -0.05) is 0 Å². The average Bonchev–Trinajstić information content (AvgIpc) is 2.44. The molecule has 0 saturated carbocycles. The van der Waals surface area contributed by atoms with E-state index in [0.717, 1.165) is 6.07 Å². The fraction of sp³-hybridized carbons (Fsp3) is 0.0769. The van der Waals surface area contributed by atoms with Crippen molar-refractivity contribution in [3.8, 4) is 0 Å². The molecule has 0 aliphatic rings. The lowest BCUT2D eigenvalue weighted by molar-refractivity contribution is -0.390. The molecular weight excluding hydrogens is 357 g/mol. The van der Waals surface area contributed by atoms with Gasteiger partial charge in [-0.25, -0.2) is 8.78 Å². The Morgan fingerprint density at radius 2 is 1.12 bits per heavy atom. The Kier molecular flexibility index (Phi) is 6.31. The van der Waals surface area contributed by atoms with Crippen LogP contribution in [0.4, 0.5) is 39.0 Å². The molecule has 2 rings (SSSR count). The molecule has 0 atom stereocenters. The highest BCUT2D eigenvalue weighted by Crippen LogP contribution is 2.28. The molecule has 0 saturated heterocycles. The van der Waals surface area contributed by atoms with E-state index in [2.05, 4.69) is 5.32 Å². The third-order valence-corrected chi connectivity index (χ3v) is 2.64. The minimum Gasteiger partial charge on any atom is -0.382 e. The van der Waals surface area contributed by atoms with Gasteiger partial charge in [0.25, 0.3) is 0 Å². The standard InChI is InChI=1S/C7H6F2N2O2.C6H2F3NO2/c1-10-6-3-4(8)2-5(9)7(6)11(12)13;7-3-1-4(8)6(10(11)12)5(9)2-3/h2-3,10H,1H3;1-2H. The highest BCUT2D eigenvalue weighted by molar-refractivity contribution is 5.61. The van der Waals surface area contributed by atoms with Crippen molar-refractivity contribution in [3.63, 3.8) is 0 Å². The van der Waals surface area contributed by atoms with Gasteiger partial charge in [-0.3, -0.25) is 20.2 Å². The summed E-state index contributed by atoms with van der Waals surface area (Å²) in [5.74, 6) is -6.26. The summed E-state index contributed by atoms with van der Waals surface area (Å²) in [5, 5.41) is 22.6. The fourth-order valence-corrected chi connectivity index (χ4v) is 1.65. The van der Waals surface area contributed by atoms with Crippen LogP contribution in [-0.2, 0) is 0 Å². The van der Waals surface area contributed by atoms with Crippen molar-refractivity contribution >= 4 is 17.1 Å². The summed E-state index contributed by atoms with van der Waals surface area (Å²) in [5.41, 5.74) is -2.26. The van der Waals surface area contributed by atoms with Crippen molar-refractivity contribution in [1.82, 2.24) is 0 Å². The van der Waals surface area contributed by atoms with E-state index in [0.29, 0.717) is 6.07 Å². The van der Waals surface area contributed by atoms with Crippen LogP contribution >= 0.6 is 0 Å². The summed E-state index contributed by atoms with van der Waals surface area (Å²) in [4.78, 5) is 18.1. The number of halogens is 5. The maximum atomic E-state index is 12.8. The van der Waals surface area contributed by atoms with E-state index in [1.165, 1.54) is 7.05 Å². The molecule has 0 spiro atoms. The molecule has 134 valence electrons. The summed E-state index contributed by atoms with van der Waals surface area (Å²) >= 11 is 0. The van der Waals surface area contributed by atoms with Gasteiger partial charge in [0.05, 0.1) is 9.85 Å². The quantitative estimate of drug-likeness (QED) is 0.505. The van der Waals surface area contributed by atoms with Crippen LogP contribution in [0.25, 0.3) is 0 Å². The topological polar surface area (TPSA) is 98.3 Å². The molecule has 2 aromatic rings. The van der Waals surface area contributed by atoms with E-state index in [4.69, 9.17) is 0 Å². The largest absolute Gasteiger partial charge is 0.382 e. The predicted octanol–water partition coefficient (Wildman–Crippen LogP) is 3.93. The number of nitro benzene ring substituents is 2. The number of nitrogens with one attached hydrogen (secondary N) is 1. The number of benzene rings is 2. The van der Waals surface area contributed by atoms with Crippen molar-refractivity contribution < 1.29 is 31.8 Å². The van der Waals surface area contributed by atoms with Crippen molar-refractivity contribution in [1.29, 1.82) is 0 Å². The Morgan fingerprint density at radius 3 is 1.48 bits per heavy atom. The molecule has 7 nitrogen and oxygen atoms in total. The molecule has 12 heteroatoms. The van der Waals surface area contributed by atoms with Crippen molar-refractivity contribution in [3.05, 3.63) is 73.6 Å². The monoisotopic (exact) mass is 365 g/mol. The van der Waals surface area contributed by atoms with Crippen molar-refractivity contribution in [2.45, 2.75) is 0 Å². The molecule has 0 heterocycles. The number of rotatable bonds is 3. The zero-order chi connectivity index (χ0) is 19.3. The van der Waals surface area contributed by atoms with Crippen LogP contribution in [-0.4, -0.2) is 16.9 Å². The van der Waals surface area contributed by atoms with Gasteiger partial charge in [-0.05, 0) is 0 Å². The van der Waals surface area contributed by atoms with E-state index in [1.54, 1.807) is 0 Å². The van der Waals surface area contributed by atoms with Gasteiger partial charge < -0.3 is 5.32 Å². The van der Waals surface area contributed by atoms with E-state index in [9.17, 15) is 42.2 Å². The third-order valence-electron chi connectivity index (χ3n) is 2.64. The molecular formula is C13H8F5N3O4. The number of nitro groups is 2. The van der Waals surface area contributed by atoms with E-state index in [1.807, 2.05) is 0 Å². The Bertz CT molecular complexity index is 809. The van der Waals surface area contributed by atoms with Crippen LogP contribution < -0.4 is 5.32 Å². The van der Waals surface area contributed by atoms with Crippen LogP contribution in [0, 0.1) is 49.3 Å². The lowest BCUT2D eigenvalue weighted by Crippen LogP contribution is -2.00. The summed E-state index contributed by atoms with van der Waals surface area (Å²) in [6.45, 7) is 0. The van der Waals surface area contributed by atoms with Crippen molar-refractivity contribution in [2.75, 3.05) is 12.4 Å². The lowest BCUT2D eigenvalue weighted by Gasteiger charge is -2.02. The van der Waals surface area contributed by atoms with Crippen LogP contribution in [0.2, 0.25) is 0 Å². The molecule has 0 amide bonds. The summed E-state index contributed by atoms with van der Waals surface area (Å²) in [7, 11) is 1.35. The number of hydrogen-bond donors (Lipinski definition) is 1. The first kappa shape index (κ1) is 19.7. The van der Waals surface area contributed by atoms with Gasteiger partial charge in [0, 0.05) is 31.3 Å². The van der Waals surface area contributed by atoms with E-state index < -0.39 is 50.3 Å². The first-order chi connectivity index (χ1) is 11.6. The van der Waals surface area contributed by atoms with Gasteiger partial charge in [0.15, 0.2) is 0 Å². The Labute approximate surface area is 136 Å². The summed E-state index contributed by atoms with van der Waals surface area (Å²) in [6, 6.07) is 1.84. The second-order valence-electron chi connectivity index (χ2n) is 4.27. The fourth-order valence-electron chi connectivity index (χ4n) is 1.65. The van der Waals surface area contributed by atoms with Crippen molar-refractivity contribution in [2.24, 2.45) is 0 Å². The second kappa shape index (κ2) is 7.99. The van der Waals surface area contributed by atoms with Crippen LogP contribution in [0.15, 0.2) is 24.3 Å². The van der Waals surface area contributed by atoms with Gasteiger partial charge in [-0.2, -0.15) is 13.2 Å². The molecule has 0 fully saturated rings. The summed E-state index contributed by atoms with van der Waals surface area (Å²) < 4.78 is 62.4. The zero-order valence-corrected chi connectivity index (χ0v) is 12.2.